The topological polar surface area (TPSA) is 65.7 Å². The van der Waals surface area contributed by atoms with Gasteiger partial charge in [-0.1, -0.05) is 25.9 Å². The maximum absolute atomic E-state index is 5.44. The van der Waals surface area contributed by atoms with Crippen molar-refractivity contribution in [2.45, 2.75) is 66.3 Å². The molecule has 2 heterocycles. The van der Waals surface area contributed by atoms with Crippen LogP contribution in [0.5, 0.6) is 0 Å². The molecule has 1 aromatic heterocycles. The van der Waals surface area contributed by atoms with Crippen LogP contribution in [0, 0.1) is 5.92 Å². The zero-order valence-corrected chi connectivity index (χ0v) is 19.8. The quantitative estimate of drug-likeness (QED) is 0.239. The van der Waals surface area contributed by atoms with Gasteiger partial charge in [0.25, 0.3) is 0 Å². The van der Waals surface area contributed by atoms with Gasteiger partial charge in [0.05, 0.1) is 12.2 Å². The summed E-state index contributed by atoms with van der Waals surface area (Å²) in [6.45, 7) is 14.8. The minimum atomic E-state index is 0. The van der Waals surface area contributed by atoms with Gasteiger partial charge in [0, 0.05) is 25.1 Å². The van der Waals surface area contributed by atoms with Crippen LogP contribution < -0.4 is 10.6 Å². The highest BCUT2D eigenvalue weighted by molar-refractivity contribution is 14.0. The van der Waals surface area contributed by atoms with Gasteiger partial charge >= 0.3 is 0 Å². The van der Waals surface area contributed by atoms with E-state index in [0.717, 1.165) is 61.2 Å². The second kappa shape index (κ2) is 13.4. The molecule has 0 aromatic carbocycles. The molecule has 0 saturated carbocycles. The first-order valence-corrected chi connectivity index (χ1v) is 10.4. The molecule has 0 radical (unpaired) electrons. The fourth-order valence-corrected chi connectivity index (χ4v) is 3.41. The number of nitrogens with zero attached hydrogens (tertiary/aromatic N) is 3. The van der Waals surface area contributed by atoms with Crippen LogP contribution in [0.15, 0.2) is 9.52 Å². The molecule has 0 amide bonds. The lowest BCUT2D eigenvalue weighted by Gasteiger charge is -2.30. The molecule has 156 valence electrons. The van der Waals surface area contributed by atoms with Crippen molar-refractivity contribution in [1.82, 2.24) is 20.7 Å². The van der Waals surface area contributed by atoms with Crippen LogP contribution in [0.4, 0.5) is 0 Å². The van der Waals surface area contributed by atoms with Crippen LogP contribution >= 0.6 is 24.0 Å². The molecule has 1 saturated heterocycles. The van der Waals surface area contributed by atoms with Gasteiger partial charge in [0.1, 0.15) is 5.76 Å². The zero-order chi connectivity index (χ0) is 18.8. The Morgan fingerprint density at radius 3 is 2.56 bits per heavy atom. The van der Waals surface area contributed by atoms with E-state index in [0.29, 0.717) is 6.54 Å². The molecular weight excluding hydrogens is 453 g/mol. The van der Waals surface area contributed by atoms with Gasteiger partial charge in [-0.15, -0.1) is 24.0 Å². The van der Waals surface area contributed by atoms with Crippen LogP contribution in [-0.4, -0.2) is 48.7 Å². The van der Waals surface area contributed by atoms with E-state index in [-0.39, 0.29) is 24.0 Å². The van der Waals surface area contributed by atoms with Crippen molar-refractivity contribution in [2.75, 3.05) is 32.7 Å². The summed E-state index contributed by atoms with van der Waals surface area (Å²) in [5, 5.41) is 11.0. The monoisotopic (exact) mass is 491 g/mol. The van der Waals surface area contributed by atoms with Crippen molar-refractivity contribution >= 4 is 29.9 Å². The van der Waals surface area contributed by atoms with Gasteiger partial charge in [-0.2, -0.15) is 0 Å². The average Bonchev–Trinajstić information content (AvgIpc) is 3.06. The number of halogens is 1. The predicted molar refractivity (Wildman–Crippen MR) is 123 cm³/mol. The van der Waals surface area contributed by atoms with Crippen LogP contribution in [0.2, 0.25) is 0 Å². The van der Waals surface area contributed by atoms with E-state index in [1.807, 2.05) is 0 Å². The minimum Gasteiger partial charge on any atom is -0.361 e. The number of guanidine groups is 1. The summed E-state index contributed by atoms with van der Waals surface area (Å²) in [7, 11) is 0. The second-order valence-electron chi connectivity index (χ2n) is 7.24. The SMILES string of the molecule is CCNC(=NCc1c(CC)noc1CC)NCCCN1CCC(C)CC1.I. The van der Waals surface area contributed by atoms with E-state index in [1.54, 1.807) is 0 Å². The van der Waals surface area contributed by atoms with Gasteiger partial charge in [-0.25, -0.2) is 4.99 Å². The number of rotatable bonds is 9. The standard InChI is InChI=1S/C20H37N5O.HI/c1-5-18-17(19(6-2)26-24-18)15-23-20(21-7-3)22-11-8-12-25-13-9-16(4)10-14-25;/h16H,5-15H2,1-4H3,(H2,21,22,23);1H. The molecule has 7 heteroatoms. The Labute approximate surface area is 181 Å². The average molecular weight is 491 g/mol. The second-order valence-corrected chi connectivity index (χ2v) is 7.24. The number of piperidine rings is 1. The summed E-state index contributed by atoms with van der Waals surface area (Å²) in [6.07, 6.45) is 5.57. The van der Waals surface area contributed by atoms with Crippen molar-refractivity contribution in [1.29, 1.82) is 0 Å². The zero-order valence-electron chi connectivity index (χ0n) is 17.5. The first kappa shape index (κ1) is 24.2. The summed E-state index contributed by atoms with van der Waals surface area (Å²) >= 11 is 0. The fraction of sp³-hybridized carbons (Fsp3) is 0.800. The molecule has 1 aromatic rings. The minimum absolute atomic E-state index is 0. The molecule has 0 bridgehead atoms. The maximum atomic E-state index is 5.44. The van der Waals surface area contributed by atoms with Gasteiger partial charge in [0.15, 0.2) is 5.96 Å². The first-order valence-electron chi connectivity index (χ1n) is 10.4. The molecule has 6 nitrogen and oxygen atoms in total. The first-order chi connectivity index (χ1) is 12.7. The van der Waals surface area contributed by atoms with Crippen molar-refractivity contribution in [3.8, 4) is 0 Å². The smallest absolute Gasteiger partial charge is 0.191 e. The maximum Gasteiger partial charge on any atom is 0.191 e. The highest BCUT2D eigenvalue weighted by atomic mass is 127. The van der Waals surface area contributed by atoms with E-state index in [9.17, 15) is 0 Å². The Kier molecular flexibility index (Phi) is 12.0. The molecule has 2 N–H and O–H groups in total. The Bertz CT molecular complexity index is 531. The summed E-state index contributed by atoms with van der Waals surface area (Å²) in [5.74, 6) is 2.74. The largest absolute Gasteiger partial charge is 0.361 e. The van der Waals surface area contributed by atoms with E-state index in [4.69, 9.17) is 9.52 Å². The molecule has 0 atom stereocenters. The molecule has 0 spiro atoms. The third-order valence-electron chi connectivity index (χ3n) is 5.17. The van der Waals surface area contributed by atoms with Crippen molar-refractivity contribution in [3.63, 3.8) is 0 Å². The molecule has 1 aliphatic rings. The summed E-state index contributed by atoms with van der Waals surface area (Å²) < 4.78 is 5.44. The summed E-state index contributed by atoms with van der Waals surface area (Å²) in [5.41, 5.74) is 2.18. The number of likely N-dealkylation sites (tertiary alicyclic amines) is 1. The van der Waals surface area contributed by atoms with Crippen LogP contribution in [0.1, 0.15) is 64.0 Å². The Balaban J connectivity index is 0.00000364. The normalized spacial score (nSPS) is 16.2. The van der Waals surface area contributed by atoms with Crippen molar-refractivity contribution < 1.29 is 4.52 Å². The number of hydrogen-bond donors (Lipinski definition) is 2. The number of aryl methyl sites for hydroxylation is 2. The third kappa shape index (κ3) is 7.97. The number of nitrogens with one attached hydrogen (secondary N) is 2. The number of aromatic nitrogens is 1. The van der Waals surface area contributed by atoms with Crippen molar-refractivity contribution in [2.24, 2.45) is 10.9 Å². The Morgan fingerprint density at radius 1 is 1.19 bits per heavy atom. The third-order valence-corrected chi connectivity index (χ3v) is 5.17. The molecule has 0 aliphatic carbocycles. The van der Waals surface area contributed by atoms with E-state index in [2.05, 4.69) is 48.4 Å². The van der Waals surface area contributed by atoms with Gasteiger partial charge in [0.2, 0.25) is 0 Å². The molecule has 1 aliphatic heterocycles. The predicted octanol–water partition coefficient (Wildman–Crippen LogP) is 3.59. The Morgan fingerprint density at radius 2 is 1.93 bits per heavy atom. The highest BCUT2D eigenvalue weighted by Crippen LogP contribution is 2.17. The number of hydrogen-bond acceptors (Lipinski definition) is 4. The van der Waals surface area contributed by atoms with E-state index >= 15 is 0 Å². The molecule has 1 fully saturated rings. The highest BCUT2D eigenvalue weighted by Gasteiger charge is 2.15. The lowest BCUT2D eigenvalue weighted by molar-refractivity contribution is 0.191. The van der Waals surface area contributed by atoms with Gasteiger partial charge in [-0.05, 0) is 58.2 Å². The number of aliphatic imine (C=N–C) groups is 1. The molecular formula is C20H38IN5O. The lowest BCUT2D eigenvalue weighted by atomic mass is 9.99. The van der Waals surface area contributed by atoms with Crippen molar-refractivity contribution in [3.05, 3.63) is 17.0 Å². The fourth-order valence-electron chi connectivity index (χ4n) is 3.41. The van der Waals surface area contributed by atoms with Gasteiger partial charge < -0.3 is 20.1 Å². The van der Waals surface area contributed by atoms with Crippen LogP contribution in [0.25, 0.3) is 0 Å². The summed E-state index contributed by atoms with van der Waals surface area (Å²) in [4.78, 5) is 7.34. The van der Waals surface area contributed by atoms with E-state index < -0.39 is 0 Å². The Hall–Kier alpha value is -0.830. The van der Waals surface area contributed by atoms with Crippen LogP contribution in [-0.2, 0) is 19.4 Å². The molecule has 27 heavy (non-hydrogen) atoms. The molecule has 2 rings (SSSR count). The van der Waals surface area contributed by atoms with E-state index in [1.165, 1.54) is 32.5 Å². The summed E-state index contributed by atoms with van der Waals surface area (Å²) in [6, 6.07) is 0. The molecule has 0 unspecified atom stereocenters. The van der Waals surface area contributed by atoms with Gasteiger partial charge in [-0.3, -0.25) is 0 Å². The lowest BCUT2D eigenvalue weighted by Crippen LogP contribution is -2.39. The van der Waals surface area contributed by atoms with Crippen LogP contribution in [0.3, 0.4) is 0 Å².